The zero-order valence-electron chi connectivity index (χ0n) is 13.0. The number of anilines is 1. The molecule has 1 aliphatic carbocycles. The van der Waals surface area contributed by atoms with Crippen molar-refractivity contribution in [2.45, 2.75) is 39.5 Å². The quantitative estimate of drug-likeness (QED) is 0.936. The predicted octanol–water partition coefficient (Wildman–Crippen LogP) is 3.54. The molecular weight excluding hydrogens is 262 g/mol. The van der Waals surface area contributed by atoms with Crippen molar-refractivity contribution in [1.82, 2.24) is 9.97 Å². The molecule has 1 aromatic heterocycles. The van der Waals surface area contributed by atoms with Crippen molar-refractivity contribution in [1.29, 1.82) is 0 Å². The van der Waals surface area contributed by atoms with Gasteiger partial charge in [0.05, 0.1) is 12.8 Å². The summed E-state index contributed by atoms with van der Waals surface area (Å²) in [6, 6.07) is 4.18. The Morgan fingerprint density at radius 2 is 1.86 bits per heavy atom. The lowest BCUT2D eigenvalue weighted by molar-refractivity contribution is 0.415. The number of hydrogen-bond donors (Lipinski definition) is 1. The van der Waals surface area contributed by atoms with Crippen molar-refractivity contribution in [2.75, 3.05) is 12.8 Å². The highest BCUT2D eigenvalue weighted by Crippen LogP contribution is 2.41. The fraction of sp³-hybridized carbons (Fsp3) is 0.412. The second-order valence-corrected chi connectivity index (χ2v) is 5.87. The van der Waals surface area contributed by atoms with Crippen LogP contribution in [0.2, 0.25) is 0 Å². The Kier molecular flexibility index (Phi) is 3.32. The number of aryl methyl sites for hydroxylation is 2. The molecule has 0 unspecified atom stereocenters. The van der Waals surface area contributed by atoms with E-state index < -0.39 is 0 Å². The van der Waals surface area contributed by atoms with E-state index in [2.05, 4.69) is 24.9 Å². The zero-order valence-corrected chi connectivity index (χ0v) is 13.0. The Hall–Kier alpha value is -2.10. The van der Waals surface area contributed by atoms with Crippen LogP contribution in [0.4, 0.5) is 5.82 Å². The van der Waals surface area contributed by atoms with Crippen LogP contribution < -0.4 is 10.5 Å². The van der Waals surface area contributed by atoms with E-state index in [1.807, 2.05) is 13.0 Å². The molecule has 1 aliphatic rings. The first-order valence-electron chi connectivity index (χ1n) is 7.31. The molecule has 0 spiro atoms. The third-order valence-corrected chi connectivity index (χ3v) is 4.04. The molecule has 1 aromatic carbocycles. The topological polar surface area (TPSA) is 61.0 Å². The van der Waals surface area contributed by atoms with Gasteiger partial charge in [-0.1, -0.05) is 6.07 Å². The maximum Gasteiger partial charge on any atom is 0.134 e. The van der Waals surface area contributed by atoms with Crippen LogP contribution >= 0.6 is 0 Å². The van der Waals surface area contributed by atoms with E-state index in [1.165, 1.54) is 5.56 Å². The number of benzene rings is 1. The molecule has 3 rings (SSSR count). The molecule has 1 saturated carbocycles. The van der Waals surface area contributed by atoms with Crippen molar-refractivity contribution in [3.05, 3.63) is 34.6 Å². The summed E-state index contributed by atoms with van der Waals surface area (Å²) in [6.07, 6.45) is 2.32. The van der Waals surface area contributed by atoms with Gasteiger partial charge in [-0.3, -0.25) is 0 Å². The second kappa shape index (κ2) is 5.02. The standard InChI is InChI=1S/C17H21N3O/c1-9-7-10(2)14(13(8-9)21-4)15-11(3)16(18)20-17(19-15)12-5-6-12/h7-8,12H,5-6H2,1-4H3,(H2,18,19,20). The number of nitrogens with zero attached hydrogens (tertiary/aromatic N) is 2. The second-order valence-electron chi connectivity index (χ2n) is 5.87. The first kappa shape index (κ1) is 13.9. The minimum absolute atomic E-state index is 0.475. The van der Waals surface area contributed by atoms with Gasteiger partial charge < -0.3 is 10.5 Å². The van der Waals surface area contributed by atoms with Crippen molar-refractivity contribution in [3.8, 4) is 17.0 Å². The highest BCUT2D eigenvalue weighted by Gasteiger charge is 2.28. The fourth-order valence-corrected chi connectivity index (χ4v) is 2.71. The lowest BCUT2D eigenvalue weighted by Crippen LogP contribution is -2.05. The van der Waals surface area contributed by atoms with E-state index in [9.17, 15) is 0 Å². The number of aromatic nitrogens is 2. The van der Waals surface area contributed by atoms with Gasteiger partial charge >= 0.3 is 0 Å². The van der Waals surface area contributed by atoms with Crippen molar-refractivity contribution in [3.63, 3.8) is 0 Å². The van der Waals surface area contributed by atoms with Crippen molar-refractivity contribution >= 4 is 5.82 Å². The Morgan fingerprint density at radius 3 is 2.48 bits per heavy atom. The predicted molar refractivity (Wildman–Crippen MR) is 84.6 cm³/mol. The van der Waals surface area contributed by atoms with Crippen molar-refractivity contribution < 1.29 is 4.74 Å². The van der Waals surface area contributed by atoms with Crippen LogP contribution in [0.5, 0.6) is 5.75 Å². The van der Waals surface area contributed by atoms with E-state index in [4.69, 9.17) is 15.5 Å². The molecule has 0 bridgehead atoms. The SMILES string of the molecule is COc1cc(C)cc(C)c1-c1nc(C2CC2)nc(N)c1C. The molecule has 4 heteroatoms. The van der Waals surface area contributed by atoms with Gasteiger partial charge in [0.25, 0.3) is 0 Å². The maximum atomic E-state index is 6.10. The smallest absolute Gasteiger partial charge is 0.134 e. The van der Waals surface area contributed by atoms with Crippen LogP contribution in [0, 0.1) is 20.8 Å². The molecule has 0 radical (unpaired) electrons. The third-order valence-electron chi connectivity index (χ3n) is 4.04. The first-order chi connectivity index (χ1) is 10.0. The van der Waals surface area contributed by atoms with Crippen LogP contribution in [0.3, 0.4) is 0 Å². The number of nitrogen functional groups attached to an aromatic ring is 1. The molecule has 21 heavy (non-hydrogen) atoms. The zero-order chi connectivity index (χ0) is 15.1. The maximum absolute atomic E-state index is 6.10. The lowest BCUT2D eigenvalue weighted by atomic mass is 9.98. The summed E-state index contributed by atoms with van der Waals surface area (Å²) in [5.41, 5.74) is 11.3. The molecule has 0 amide bonds. The number of methoxy groups -OCH3 is 1. The number of rotatable bonds is 3. The third kappa shape index (κ3) is 2.46. The molecule has 1 fully saturated rings. The van der Waals surface area contributed by atoms with Crippen molar-refractivity contribution in [2.24, 2.45) is 0 Å². The molecule has 2 aromatic rings. The highest BCUT2D eigenvalue weighted by atomic mass is 16.5. The Labute approximate surface area is 125 Å². The lowest BCUT2D eigenvalue weighted by Gasteiger charge is -2.16. The van der Waals surface area contributed by atoms with Crippen LogP contribution in [0.25, 0.3) is 11.3 Å². The van der Waals surface area contributed by atoms with E-state index in [0.717, 1.165) is 46.8 Å². The minimum atomic E-state index is 0.475. The van der Waals surface area contributed by atoms with Gasteiger partial charge in [-0.05, 0) is 50.8 Å². The summed E-state index contributed by atoms with van der Waals surface area (Å²) >= 11 is 0. The molecule has 110 valence electrons. The van der Waals surface area contributed by atoms with Crippen LogP contribution in [-0.4, -0.2) is 17.1 Å². The molecular formula is C17H21N3O. The summed E-state index contributed by atoms with van der Waals surface area (Å²) in [4.78, 5) is 9.24. The minimum Gasteiger partial charge on any atom is -0.496 e. The molecule has 0 aliphatic heterocycles. The largest absolute Gasteiger partial charge is 0.496 e. The molecule has 0 atom stereocenters. The van der Waals surface area contributed by atoms with Gasteiger partial charge in [-0.15, -0.1) is 0 Å². The summed E-state index contributed by atoms with van der Waals surface area (Å²) in [5.74, 6) is 2.76. The van der Waals surface area contributed by atoms with Gasteiger partial charge in [0.2, 0.25) is 0 Å². The molecule has 2 N–H and O–H groups in total. The van der Waals surface area contributed by atoms with Gasteiger partial charge in [-0.25, -0.2) is 9.97 Å². The summed E-state index contributed by atoms with van der Waals surface area (Å²) in [6.45, 7) is 6.12. The van der Waals surface area contributed by atoms with Gasteiger partial charge in [0.15, 0.2) is 0 Å². The average molecular weight is 283 g/mol. The van der Waals surface area contributed by atoms with E-state index >= 15 is 0 Å². The van der Waals surface area contributed by atoms with Gasteiger partial charge in [-0.2, -0.15) is 0 Å². The van der Waals surface area contributed by atoms with E-state index in [-0.39, 0.29) is 0 Å². The Morgan fingerprint density at radius 1 is 1.14 bits per heavy atom. The monoisotopic (exact) mass is 283 g/mol. The average Bonchev–Trinajstić information content (AvgIpc) is 3.26. The van der Waals surface area contributed by atoms with E-state index in [0.29, 0.717) is 11.7 Å². The normalized spacial score (nSPS) is 14.3. The van der Waals surface area contributed by atoms with Gasteiger partial charge in [0, 0.05) is 17.0 Å². The van der Waals surface area contributed by atoms with Crippen LogP contribution in [0.1, 0.15) is 41.3 Å². The molecule has 4 nitrogen and oxygen atoms in total. The molecule has 1 heterocycles. The van der Waals surface area contributed by atoms with E-state index in [1.54, 1.807) is 7.11 Å². The Balaban J connectivity index is 2.24. The summed E-state index contributed by atoms with van der Waals surface area (Å²) in [5, 5.41) is 0. The highest BCUT2D eigenvalue weighted by molar-refractivity contribution is 5.76. The van der Waals surface area contributed by atoms with Gasteiger partial charge in [0.1, 0.15) is 17.4 Å². The van der Waals surface area contributed by atoms with Crippen LogP contribution in [0.15, 0.2) is 12.1 Å². The summed E-state index contributed by atoms with van der Waals surface area (Å²) < 4.78 is 5.57. The number of nitrogens with two attached hydrogens (primary N) is 1. The number of hydrogen-bond acceptors (Lipinski definition) is 4. The molecule has 0 saturated heterocycles. The van der Waals surface area contributed by atoms with Crippen LogP contribution in [-0.2, 0) is 0 Å². The summed E-state index contributed by atoms with van der Waals surface area (Å²) in [7, 11) is 1.69. The first-order valence-corrected chi connectivity index (χ1v) is 7.31. The number of ether oxygens (including phenoxy) is 1. The fourth-order valence-electron chi connectivity index (χ4n) is 2.71. The Bertz CT molecular complexity index is 706.